The van der Waals surface area contributed by atoms with Gasteiger partial charge in [-0.3, -0.25) is 0 Å². The molecular formula is C5H8BN3S. The number of nitrogens with zero attached hydrogens (tertiary/aromatic N) is 2. The smallest absolute Gasteiger partial charge is 0.186 e. The molecule has 0 bridgehead atoms. The molecule has 2 N–H and O–H groups in total. The van der Waals surface area contributed by atoms with Crippen molar-refractivity contribution in [1.82, 2.24) is 9.97 Å². The number of hydrogen-bond donors (Lipinski definition) is 1. The summed E-state index contributed by atoms with van der Waals surface area (Å²) in [4.78, 5) is 8.10. The van der Waals surface area contributed by atoms with Gasteiger partial charge >= 0.3 is 0 Å². The Kier molecular flexibility index (Phi) is 2.16. The first-order valence-electron chi connectivity index (χ1n) is 2.87. The lowest BCUT2D eigenvalue weighted by molar-refractivity contribution is 0.995. The maximum atomic E-state index is 5.51. The first-order valence-corrected chi connectivity index (χ1v) is 4.09. The van der Waals surface area contributed by atoms with Crippen LogP contribution < -0.4 is 11.3 Å². The summed E-state index contributed by atoms with van der Waals surface area (Å²) in [7, 11) is 1.87. The lowest BCUT2D eigenvalue weighted by Gasteiger charge is -1.98. The first-order chi connectivity index (χ1) is 4.74. The Morgan fingerprint density at radius 2 is 2.40 bits per heavy atom. The third-order valence-corrected chi connectivity index (χ3v) is 1.74. The van der Waals surface area contributed by atoms with Gasteiger partial charge in [0.1, 0.15) is 0 Å². The maximum Gasteiger partial charge on any atom is 0.186 e. The molecule has 0 aliphatic carbocycles. The van der Waals surface area contributed by atoms with E-state index < -0.39 is 0 Å². The van der Waals surface area contributed by atoms with Crippen molar-refractivity contribution in [3.05, 3.63) is 6.20 Å². The van der Waals surface area contributed by atoms with E-state index in [9.17, 15) is 0 Å². The summed E-state index contributed by atoms with van der Waals surface area (Å²) in [6.07, 6.45) is 3.57. The molecule has 0 spiro atoms. The minimum absolute atomic E-state index is 0.651. The van der Waals surface area contributed by atoms with Crippen LogP contribution in [-0.2, 0) is 0 Å². The van der Waals surface area contributed by atoms with Crippen LogP contribution >= 0.6 is 11.8 Å². The average Bonchev–Trinajstić information content (AvgIpc) is 1.95. The molecule has 0 aromatic carbocycles. The van der Waals surface area contributed by atoms with Crippen LogP contribution in [0.4, 0.5) is 5.69 Å². The fourth-order valence-electron chi connectivity index (χ4n) is 0.553. The number of hydrogen-bond acceptors (Lipinski definition) is 4. The number of thioether (sulfide) groups is 1. The maximum absolute atomic E-state index is 5.51. The summed E-state index contributed by atoms with van der Waals surface area (Å²) in [6, 6.07) is 0. The SMILES string of the molecule is Bc1nc(SC)ncc1N. The molecule has 0 unspecified atom stereocenters. The summed E-state index contributed by atoms with van der Waals surface area (Å²) >= 11 is 1.51. The fraction of sp³-hybridized carbons (Fsp3) is 0.200. The van der Waals surface area contributed by atoms with Crippen LogP contribution in [0.2, 0.25) is 0 Å². The summed E-state index contributed by atoms with van der Waals surface area (Å²) in [5.74, 6) is 0. The van der Waals surface area contributed by atoms with Gasteiger partial charge in [0.05, 0.1) is 11.9 Å². The van der Waals surface area contributed by atoms with Gasteiger partial charge in [-0.2, -0.15) is 0 Å². The lowest BCUT2D eigenvalue weighted by Crippen LogP contribution is -2.15. The monoisotopic (exact) mass is 153 g/mol. The van der Waals surface area contributed by atoms with Crippen molar-refractivity contribution in [2.75, 3.05) is 12.0 Å². The summed E-state index contributed by atoms with van der Waals surface area (Å²) in [5.41, 5.74) is 7.01. The van der Waals surface area contributed by atoms with Crippen LogP contribution in [-0.4, -0.2) is 24.1 Å². The molecule has 1 aromatic rings. The molecule has 0 radical (unpaired) electrons. The third kappa shape index (κ3) is 1.41. The van der Waals surface area contributed by atoms with Crippen LogP contribution in [0.1, 0.15) is 0 Å². The molecule has 5 heteroatoms. The van der Waals surface area contributed by atoms with Crippen LogP contribution in [0.15, 0.2) is 11.4 Å². The first kappa shape index (κ1) is 7.40. The molecule has 0 atom stereocenters. The van der Waals surface area contributed by atoms with Crippen LogP contribution in [0.3, 0.4) is 0 Å². The summed E-state index contributed by atoms with van der Waals surface area (Å²) in [5, 5.41) is 0.770. The van der Waals surface area contributed by atoms with Gasteiger partial charge in [-0.25, -0.2) is 9.97 Å². The molecule has 1 aromatic heterocycles. The van der Waals surface area contributed by atoms with Gasteiger partial charge in [0.2, 0.25) is 0 Å². The van der Waals surface area contributed by atoms with Crippen molar-refractivity contribution in [2.24, 2.45) is 0 Å². The van der Waals surface area contributed by atoms with E-state index in [0.29, 0.717) is 5.69 Å². The van der Waals surface area contributed by atoms with Crippen molar-refractivity contribution in [1.29, 1.82) is 0 Å². The van der Waals surface area contributed by atoms with Crippen molar-refractivity contribution in [3.63, 3.8) is 0 Å². The second-order valence-corrected chi connectivity index (χ2v) is 2.67. The standard InChI is InChI=1S/C5H8BN3S/c1-10-5-8-2-3(7)4(6)9-5/h2H,6-7H2,1H3. The molecular weight excluding hydrogens is 145 g/mol. The largest absolute Gasteiger partial charge is 0.397 e. The Hall–Kier alpha value is -0.705. The summed E-state index contributed by atoms with van der Waals surface area (Å²) in [6.45, 7) is 0. The molecule has 0 amide bonds. The van der Waals surface area contributed by atoms with Crippen molar-refractivity contribution < 1.29 is 0 Å². The molecule has 52 valence electrons. The molecule has 0 aliphatic rings. The predicted molar refractivity (Wildman–Crippen MR) is 46.4 cm³/mol. The highest BCUT2D eigenvalue weighted by molar-refractivity contribution is 7.98. The van der Waals surface area contributed by atoms with E-state index >= 15 is 0 Å². The van der Waals surface area contributed by atoms with Gasteiger partial charge in [-0.15, -0.1) is 0 Å². The number of anilines is 1. The average molecular weight is 153 g/mol. The van der Waals surface area contributed by atoms with E-state index in [1.165, 1.54) is 11.8 Å². The Morgan fingerprint density at radius 3 is 2.90 bits per heavy atom. The second-order valence-electron chi connectivity index (χ2n) is 1.90. The Labute approximate surface area is 64.9 Å². The zero-order valence-electron chi connectivity index (χ0n) is 5.96. The van der Waals surface area contributed by atoms with E-state index in [0.717, 1.165) is 10.7 Å². The second kappa shape index (κ2) is 2.92. The number of aromatic nitrogens is 2. The lowest BCUT2D eigenvalue weighted by atomic mass is 10.0. The molecule has 0 saturated heterocycles. The van der Waals surface area contributed by atoms with E-state index in [-0.39, 0.29) is 0 Å². The minimum Gasteiger partial charge on any atom is -0.397 e. The molecule has 10 heavy (non-hydrogen) atoms. The van der Waals surface area contributed by atoms with E-state index in [2.05, 4.69) is 9.97 Å². The Balaban J connectivity index is 3.04. The topological polar surface area (TPSA) is 51.8 Å². The predicted octanol–water partition coefficient (Wildman–Crippen LogP) is -0.961. The minimum atomic E-state index is 0.651. The number of nitrogens with two attached hydrogens (primary N) is 1. The highest BCUT2D eigenvalue weighted by Crippen LogP contribution is 2.05. The van der Waals surface area contributed by atoms with Gasteiger partial charge in [-0.05, 0) is 6.26 Å². The van der Waals surface area contributed by atoms with Crippen molar-refractivity contribution >= 4 is 30.9 Å². The molecule has 0 fully saturated rings. The van der Waals surface area contributed by atoms with Crippen molar-refractivity contribution in [3.8, 4) is 0 Å². The Bertz CT molecular complexity index is 240. The Morgan fingerprint density at radius 1 is 1.70 bits per heavy atom. The van der Waals surface area contributed by atoms with Crippen LogP contribution in [0, 0.1) is 0 Å². The zero-order valence-corrected chi connectivity index (χ0v) is 6.77. The van der Waals surface area contributed by atoms with Crippen LogP contribution in [0.5, 0.6) is 0 Å². The highest BCUT2D eigenvalue weighted by Gasteiger charge is 1.96. The highest BCUT2D eigenvalue weighted by atomic mass is 32.2. The molecule has 1 rings (SSSR count). The molecule has 1 heterocycles. The zero-order chi connectivity index (χ0) is 7.56. The van der Waals surface area contributed by atoms with Gasteiger partial charge in [0.15, 0.2) is 13.0 Å². The number of nitrogen functional groups attached to an aromatic ring is 1. The quantitative estimate of drug-likeness (QED) is 0.320. The summed E-state index contributed by atoms with van der Waals surface area (Å²) < 4.78 is 0. The molecule has 3 nitrogen and oxygen atoms in total. The van der Waals surface area contributed by atoms with Gasteiger partial charge < -0.3 is 5.73 Å². The molecule has 0 aliphatic heterocycles. The number of rotatable bonds is 1. The fourth-order valence-corrected chi connectivity index (χ4v) is 0.940. The van der Waals surface area contributed by atoms with Crippen molar-refractivity contribution in [2.45, 2.75) is 5.16 Å². The van der Waals surface area contributed by atoms with E-state index in [1.54, 1.807) is 6.20 Å². The van der Waals surface area contributed by atoms with E-state index in [4.69, 9.17) is 5.73 Å². The third-order valence-electron chi connectivity index (χ3n) is 1.18. The molecule has 0 saturated carbocycles. The van der Waals surface area contributed by atoms with Gasteiger partial charge in [-0.1, -0.05) is 11.8 Å². The normalized spacial score (nSPS) is 9.70. The van der Waals surface area contributed by atoms with E-state index in [1.807, 2.05) is 14.1 Å². The van der Waals surface area contributed by atoms with Gasteiger partial charge in [0, 0.05) is 5.59 Å². The van der Waals surface area contributed by atoms with Crippen LogP contribution in [0.25, 0.3) is 0 Å². The van der Waals surface area contributed by atoms with Gasteiger partial charge in [0.25, 0.3) is 0 Å².